The van der Waals surface area contributed by atoms with Crippen molar-refractivity contribution in [2.45, 2.75) is 51.4 Å². The van der Waals surface area contributed by atoms with Crippen LogP contribution in [-0.4, -0.2) is 4.57 Å². The van der Waals surface area contributed by atoms with E-state index < -0.39 is 0 Å². The zero-order valence-corrected chi connectivity index (χ0v) is 36.2. The van der Waals surface area contributed by atoms with Crippen LogP contribution in [-0.2, 0) is 25.7 Å². The molecule has 0 saturated heterocycles. The molecule has 10 aromatic rings. The Hall–Kier alpha value is -7.42. The van der Waals surface area contributed by atoms with Crippen molar-refractivity contribution in [3.05, 3.63) is 229 Å². The van der Waals surface area contributed by atoms with Gasteiger partial charge in [-0.3, -0.25) is 0 Å². The second-order valence-corrected chi connectivity index (χ2v) is 17.7. The Labute approximate surface area is 376 Å². The fourth-order valence-electron chi connectivity index (χ4n) is 11.0. The van der Waals surface area contributed by atoms with Crippen molar-refractivity contribution in [1.82, 2.24) is 4.57 Å². The van der Waals surface area contributed by atoms with Gasteiger partial charge in [0.05, 0.1) is 11.0 Å². The van der Waals surface area contributed by atoms with Gasteiger partial charge >= 0.3 is 0 Å². The van der Waals surface area contributed by atoms with Gasteiger partial charge in [0, 0.05) is 33.5 Å². The van der Waals surface area contributed by atoms with Crippen molar-refractivity contribution in [3.8, 4) is 50.2 Å². The number of para-hydroxylation sites is 2. The lowest BCUT2D eigenvalue weighted by atomic mass is 9.73. The smallest absolute Gasteiger partial charge is 0.0541 e. The van der Waals surface area contributed by atoms with Crippen molar-refractivity contribution in [3.63, 3.8) is 0 Å². The Balaban J connectivity index is 0.899. The van der Waals surface area contributed by atoms with Gasteiger partial charge in [-0.1, -0.05) is 146 Å². The predicted molar refractivity (Wildman–Crippen MR) is 270 cm³/mol. The average Bonchev–Trinajstić information content (AvgIpc) is 3.71. The monoisotopic (exact) mass is 822 g/mol. The number of hydrogen-bond donors (Lipinski definition) is 0. The van der Waals surface area contributed by atoms with E-state index in [0.29, 0.717) is 0 Å². The van der Waals surface area contributed by atoms with Gasteiger partial charge in [-0.25, -0.2) is 0 Å². The molecule has 0 amide bonds. The van der Waals surface area contributed by atoms with Gasteiger partial charge in [0.1, 0.15) is 0 Å². The first kappa shape index (κ1) is 38.3. The zero-order valence-electron chi connectivity index (χ0n) is 36.2. The molecule has 0 radical (unpaired) electrons. The molecule has 0 saturated carbocycles. The average molecular weight is 823 g/mol. The van der Waals surface area contributed by atoms with Gasteiger partial charge in [-0.05, 0) is 179 Å². The Kier molecular flexibility index (Phi) is 9.79. The van der Waals surface area contributed by atoms with E-state index in [0.717, 1.165) is 22.7 Å². The lowest BCUT2D eigenvalue weighted by molar-refractivity contribution is 0.662. The maximum atomic E-state index is 2.41. The van der Waals surface area contributed by atoms with E-state index in [1.165, 1.54) is 107 Å². The highest BCUT2D eigenvalue weighted by atomic mass is 15.1. The van der Waals surface area contributed by atoms with Crippen molar-refractivity contribution in [2.24, 2.45) is 0 Å². The lowest BCUT2D eigenvalue weighted by Crippen LogP contribution is -2.15. The van der Waals surface area contributed by atoms with Gasteiger partial charge in [-0.2, -0.15) is 0 Å². The van der Waals surface area contributed by atoms with E-state index in [1.807, 2.05) is 0 Å². The van der Waals surface area contributed by atoms with Gasteiger partial charge < -0.3 is 9.47 Å². The summed E-state index contributed by atoms with van der Waals surface area (Å²) in [7, 11) is 0. The third kappa shape index (κ3) is 6.73. The number of benzene rings is 9. The summed E-state index contributed by atoms with van der Waals surface area (Å²) in [6, 6.07) is 76.0. The lowest BCUT2D eigenvalue weighted by Gasteiger charge is -2.32. The Morgan fingerprint density at radius 3 is 1.03 bits per heavy atom. The molecule has 0 atom stereocenters. The van der Waals surface area contributed by atoms with E-state index in [1.54, 1.807) is 33.4 Å². The van der Waals surface area contributed by atoms with Crippen LogP contribution in [0.25, 0.3) is 72.0 Å². The molecular formula is C62H50N2. The molecule has 0 aliphatic heterocycles. The second kappa shape index (κ2) is 16.4. The van der Waals surface area contributed by atoms with Crippen LogP contribution in [0.3, 0.4) is 0 Å². The summed E-state index contributed by atoms with van der Waals surface area (Å²) in [5.41, 5.74) is 24.2. The Morgan fingerprint density at radius 2 is 0.594 bits per heavy atom. The minimum absolute atomic E-state index is 1.11. The highest BCUT2D eigenvalue weighted by molar-refractivity contribution is 6.09. The number of rotatable bonds is 8. The molecule has 0 N–H and O–H groups in total. The molecular weight excluding hydrogens is 773 g/mol. The maximum Gasteiger partial charge on any atom is 0.0541 e. The molecule has 64 heavy (non-hydrogen) atoms. The highest BCUT2D eigenvalue weighted by Crippen LogP contribution is 2.46. The van der Waals surface area contributed by atoms with Crippen LogP contribution in [0.1, 0.15) is 47.9 Å². The minimum Gasteiger partial charge on any atom is -0.311 e. The van der Waals surface area contributed by atoms with Crippen LogP contribution in [0.5, 0.6) is 0 Å². The van der Waals surface area contributed by atoms with E-state index >= 15 is 0 Å². The van der Waals surface area contributed by atoms with Crippen LogP contribution >= 0.6 is 0 Å². The molecule has 2 nitrogen and oxygen atoms in total. The molecule has 2 heteroatoms. The van der Waals surface area contributed by atoms with Crippen LogP contribution in [0.4, 0.5) is 17.1 Å². The van der Waals surface area contributed by atoms with Gasteiger partial charge in [0.25, 0.3) is 0 Å². The number of hydrogen-bond acceptors (Lipinski definition) is 1. The third-order valence-corrected chi connectivity index (χ3v) is 14.0. The maximum absolute atomic E-state index is 2.41. The first-order valence-electron chi connectivity index (χ1n) is 23.3. The first-order chi connectivity index (χ1) is 31.8. The molecule has 0 fully saturated rings. The molecule has 1 heterocycles. The van der Waals surface area contributed by atoms with E-state index in [2.05, 4.69) is 216 Å². The number of fused-ring (bicyclic) bond motifs is 5. The summed E-state index contributed by atoms with van der Waals surface area (Å²) in [6.45, 7) is 0. The molecule has 0 spiro atoms. The molecule has 2 aliphatic rings. The molecule has 308 valence electrons. The molecule has 1 aromatic heterocycles. The largest absolute Gasteiger partial charge is 0.311 e. The topological polar surface area (TPSA) is 8.17 Å². The standard InChI is InChI=1S/C62H50N2/c1-3-15-43(16-4-1)45-31-35-49(36-32-45)63(51-39-41-52(42-40-51)64-59-25-13-11-19-53(59)54-20-12-14-26-60(54)64)50-37-33-46(34-38-50)44-27-29-48(30-28-44)62-57-23-9-7-21-55(57)61(47-17-5-2-6-18-47)56-22-8-10-24-58(56)62/h1-6,11-20,25-42H,7-10,21-24H2. The normalized spacial score (nSPS) is 13.4. The Bertz CT molecular complexity index is 3180. The summed E-state index contributed by atoms with van der Waals surface area (Å²) in [4.78, 5) is 2.38. The van der Waals surface area contributed by atoms with Gasteiger partial charge in [0.2, 0.25) is 0 Å². The van der Waals surface area contributed by atoms with Crippen LogP contribution in [0.15, 0.2) is 206 Å². The summed E-state index contributed by atoms with van der Waals surface area (Å²) in [5.74, 6) is 0. The van der Waals surface area contributed by atoms with Crippen LogP contribution in [0, 0.1) is 0 Å². The summed E-state index contributed by atoms with van der Waals surface area (Å²) < 4.78 is 2.39. The van der Waals surface area contributed by atoms with Crippen molar-refractivity contribution in [2.75, 3.05) is 4.90 Å². The Morgan fingerprint density at radius 1 is 0.281 bits per heavy atom. The molecule has 9 aromatic carbocycles. The third-order valence-electron chi connectivity index (χ3n) is 14.0. The predicted octanol–water partition coefficient (Wildman–Crippen LogP) is 16.7. The quantitative estimate of drug-likeness (QED) is 0.148. The van der Waals surface area contributed by atoms with Crippen LogP contribution in [0.2, 0.25) is 0 Å². The summed E-state index contributed by atoms with van der Waals surface area (Å²) in [6.07, 6.45) is 9.84. The zero-order chi connectivity index (χ0) is 42.4. The number of nitrogens with zero attached hydrogens (tertiary/aromatic N) is 2. The highest BCUT2D eigenvalue weighted by Gasteiger charge is 2.28. The summed E-state index contributed by atoms with van der Waals surface area (Å²) >= 11 is 0. The van der Waals surface area contributed by atoms with E-state index in [4.69, 9.17) is 0 Å². The molecule has 0 unspecified atom stereocenters. The van der Waals surface area contributed by atoms with Gasteiger partial charge in [-0.15, -0.1) is 0 Å². The van der Waals surface area contributed by atoms with Gasteiger partial charge in [0.15, 0.2) is 0 Å². The van der Waals surface area contributed by atoms with Crippen molar-refractivity contribution < 1.29 is 0 Å². The number of aromatic nitrogens is 1. The second-order valence-electron chi connectivity index (χ2n) is 17.7. The molecule has 0 bridgehead atoms. The summed E-state index contributed by atoms with van der Waals surface area (Å²) in [5, 5.41) is 2.54. The molecule has 12 rings (SSSR count). The fraction of sp³-hybridized carbons (Fsp3) is 0.129. The van der Waals surface area contributed by atoms with E-state index in [9.17, 15) is 0 Å². The van der Waals surface area contributed by atoms with Crippen molar-refractivity contribution in [1.29, 1.82) is 0 Å². The number of anilines is 3. The fourth-order valence-corrected chi connectivity index (χ4v) is 11.0. The first-order valence-corrected chi connectivity index (χ1v) is 23.3. The SMILES string of the molecule is c1ccc(-c2ccc(N(c3ccc(-c4ccc(-c5c6c(c(-c7ccccc7)c7c5CCCC7)CCCC6)cc4)cc3)c3ccc(-n4c5ccccc5c5ccccc54)cc3)cc2)cc1. The van der Waals surface area contributed by atoms with E-state index in [-0.39, 0.29) is 0 Å². The minimum atomic E-state index is 1.11. The van der Waals surface area contributed by atoms with Crippen molar-refractivity contribution >= 4 is 38.9 Å². The molecule has 2 aliphatic carbocycles. The van der Waals surface area contributed by atoms with Crippen LogP contribution < -0.4 is 4.90 Å².